The number of hydrogen-bond donors (Lipinski definition) is 0. The summed E-state index contributed by atoms with van der Waals surface area (Å²) in [4.78, 5) is 10.3. The van der Waals surface area contributed by atoms with Gasteiger partial charge in [0, 0.05) is 27.5 Å². The Morgan fingerprint density at radius 1 is 0.319 bits per heavy atom. The third-order valence-corrected chi connectivity index (χ3v) is 8.85. The van der Waals surface area contributed by atoms with Crippen molar-refractivity contribution in [3.63, 3.8) is 0 Å². The number of furan rings is 1. The van der Waals surface area contributed by atoms with Gasteiger partial charge in [0.25, 0.3) is 0 Å². The summed E-state index contributed by atoms with van der Waals surface area (Å²) in [6, 6.07) is 59.3. The van der Waals surface area contributed by atoms with Crippen molar-refractivity contribution in [2.45, 2.75) is 0 Å². The molecule has 0 saturated carbocycles. The monoisotopic (exact) mass is 600 g/mol. The van der Waals surface area contributed by atoms with E-state index in [4.69, 9.17) is 14.4 Å². The quantitative estimate of drug-likeness (QED) is 0.197. The molecule has 2 aromatic heterocycles. The Balaban J connectivity index is 1.26. The van der Waals surface area contributed by atoms with Gasteiger partial charge in [0.15, 0.2) is 5.82 Å². The smallest absolute Gasteiger partial charge is 0.160 e. The summed E-state index contributed by atoms with van der Waals surface area (Å²) in [5.41, 5.74) is 11.1. The molecule has 47 heavy (non-hydrogen) atoms. The van der Waals surface area contributed by atoms with Gasteiger partial charge >= 0.3 is 0 Å². The molecule has 2 heterocycles. The first-order valence-electron chi connectivity index (χ1n) is 15.8. The van der Waals surface area contributed by atoms with Crippen molar-refractivity contribution in [2.75, 3.05) is 0 Å². The first-order valence-corrected chi connectivity index (χ1v) is 15.8. The summed E-state index contributed by atoms with van der Waals surface area (Å²) in [5.74, 6) is 0.699. The van der Waals surface area contributed by atoms with Crippen molar-refractivity contribution in [1.29, 1.82) is 0 Å². The van der Waals surface area contributed by atoms with Crippen LogP contribution in [0.1, 0.15) is 0 Å². The first kappa shape index (κ1) is 27.0. The lowest BCUT2D eigenvalue weighted by Crippen LogP contribution is -1.96. The van der Waals surface area contributed by atoms with E-state index in [0.717, 1.165) is 77.7 Å². The normalized spacial score (nSPS) is 11.4. The average Bonchev–Trinajstić information content (AvgIpc) is 3.53. The molecule has 0 atom stereocenters. The highest BCUT2D eigenvalue weighted by molar-refractivity contribution is 6.06. The summed E-state index contributed by atoms with van der Waals surface area (Å²) in [7, 11) is 0. The topological polar surface area (TPSA) is 38.9 Å². The standard InChI is InChI=1S/C44H28N2O/c1-3-11-29(12-4-1)35-24-36(33-21-22-43-39(27-33)38-17-9-10-18-42(38)47-43)26-37(25-35)41-28-40(31-14-5-2-6-15-31)45-44(46-41)34-20-19-30-13-7-8-16-32(30)23-34/h1-28H. The van der Waals surface area contributed by atoms with E-state index in [1.807, 2.05) is 18.2 Å². The lowest BCUT2D eigenvalue weighted by atomic mass is 9.94. The Morgan fingerprint density at radius 3 is 1.72 bits per heavy atom. The van der Waals surface area contributed by atoms with Crippen LogP contribution in [0, 0.1) is 0 Å². The minimum atomic E-state index is 0.699. The van der Waals surface area contributed by atoms with Gasteiger partial charge in [-0.25, -0.2) is 9.97 Å². The molecule has 0 aliphatic heterocycles. The highest BCUT2D eigenvalue weighted by atomic mass is 16.3. The van der Waals surface area contributed by atoms with E-state index in [0.29, 0.717) is 5.82 Å². The molecule has 0 unspecified atom stereocenters. The number of para-hydroxylation sites is 1. The van der Waals surface area contributed by atoms with Crippen LogP contribution < -0.4 is 0 Å². The minimum absolute atomic E-state index is 0.699. The van der Waals surface area contributed by atoms with Crippen LogP contribution in [-0.2, 0) is 0 Å². The number of aromatic nitrogens is 2. The Bertz CT molecular complexity index is 2570. The summed E-state index contributed by atoms with van der Waals surface area (Å²) in [6.07, 6.45) is 0. The SMILES string of the molecule is c1ccc(-c2cc(-c3ccc4oc5ccccc5c4c3)cc(-c3cc(-c4ccccc4)nc(-c4ccc5ccccc5c4)n3)c2)cc1. The maximum absolute atomic E-state index is 6.15. The second-order valence-electron chi connectivity index (χ2n) is 11.9. The first-order chi connectivity index (χ1) is 23.2. The molecule has 0 aliphatic carbocycles. The number of rotatable bonds is 5. The van der Waals surface area contributed by atoms with Crippen LogP contribution >= 0.6 is 0 Å². The molecule has 220 valence electrons. The summed E-state index contributed by atoms with van der Waals surface area (Å²) in [5, 5.41) is 4.58. The molecule has 3 heteroatoms. The molecule has 0 radical (unpaired) electrons. The fourth-order valence-electron chi connectivity index (χ4n) is 6.45. The Labute approximate surface area is 272 Å². The molecule has 9 rings (SSSR count). The van der Waals surface area contributed by atoms with E-state index in [9.17, 15) is 0 Å². The van der Waals surface area contributed by atoms with Crippen LogP contribution in [0.4, 0.5) is 0 Å². The number of benzene rings is 7. The minimum Gasteiger partial charge on any atom is -0.456 e. The molecular weight excluding hydrogens is 572 g/mol. The van der Waals surface area contributed by atoms with Crippen molar-refractivity contribution >= 4 is 32.7 Å². The summed E-state index contributed by atoms with van der Waals surface area (Å²) < 4.78 is 6.15. The third kappa shape index (κ3) is 5.04. The summed E-state index contributed by atoms with van der Waals surface area (Å²) >= 11 is 0. The highest BCUT2D eigenvalue weighted by Crippen LogP contribution is 2.37. The number of nitrogens with zero attached hydrogens (tertiary/aromatic N) is 2. The molecule has 7 aromatic carbocycles. The van der Waals surface area contributed by atoms with E-state index < -0.39 is 0 Å². The molecule has 0 spiro atoms. The Kier molecular flexibility index (Phi) is 6.46. The second kappa shape index (κ2) is 11.2. The van der Waals surface area contributed by atoms with Crippen LogP contribution in [0.2, 0.25) is 0 Å². The van der Waals surface area contributed by atoms with Crippen LogP contribution in [-0.4, -0.2) is 9.97 Å². The van der Waals surface area contributed by atoms with Crippen molar-refractivity contribution in [3.05, 3.63) is 170 Å². The summed E-state index contributed by atoms with van der Waals surface area (Å²) in [6.45, 7) is 0. The zero-order chi connectivity index (χ0) is 31.2. The van der Waals surface area contributed by atoms with Crippen LogP contribution in [0.3, 0.4) is 0 Å². The zero-order valence-electron chi connectivity index (χ0n) is 25.5. The zero-order valence-corrected chi connectivity index (χ0v) is 25.5. The van der Waals surface area contributed by atoms with Gasteiger partial charge < -0.3 is 4.42 Å². The van der Waals surface area contributed by atoms with Gasteiger partial charge in [0.1, 0.15) is 11.2 Å². The van der Waals surface area contributed by atoms with Crippen LogP contribution in [0.25, 0.3) is 88.9 Å². The van der Waals surface area contributed by atoms with Gasteiger partial charge in [-0.1, -0.05) is 121 Å². The molecule has 0 saturated heterocycles. The van der Waals surface area contributed by atoms with Gasteiger partial charge in [-0.15, -0.1) is 0 Å². The van der Waals surface area contributed by atoms with Gasteiger partial charge in [-0.2, -0.15) is 0 Å². The van der Waals surface area contributed by atoms with Crippen molar-refractivity contribution in [1.82, 2.24) is 9.97 Å². The molecule has 0 fully saturated rings. The second-order valence-corrected chi connectivity index (χ2v) is 11.9. The third-order valence-electron chi connectivity index (χ3n) is 8.85. The lowest BCUT2D eigenvalue weighted by Gasteiger charge is -2.13. The van der Waals surface area contributed by atoms with E-state index in [-0.39, 0.29) is 0 Å². The fourth-order valence-corrected chi connectivity index (χ4v) is 6.45. The number of fused-ring (bicyclic) bond motifs is 4. The predicted octanol–water partition coefficient (Wildman–Crippen LogP) is 11.9. The van der Waals surface area contributed by atoms with Crippen LogP contribution in [0.5, 0.6) is 0 Å². The molecule has 9 aromatic rings. The van der Waals surface area contributed by atoms with Crippen molar-refractivity contribution < 1.29 is 4.42 Å². The molecule has 3 nitrogen and oxygen atoms in total. The molecular formula is C44H28N2O. The number of hydrogen-bond acceptors (Lipinski definition) is 3. The van der Waals surface area contributed by atoms with E-state index in [2.05, 4.69) is 152 Å². The molecule has 0 amide bonds. The maximum atomic E-state index is 6.15. The average molecular weight is 601 g/mol. The van der Waals surface area contributed by atoms with E-state index in [1.54, 1.807) is 0 Å². The molecule has 0 N–H and O–H groups in total. The Hall–Kier alpha value is -6.32. The molecule has 0 bridgehead atoms. The van der Waals surface area contributed by atoms with Gasteiger partial charge in [0.05, 0.1) is 11.4 Å². The van der Waals surface area contributed by atoms with Gasteiger partial charge in [-0.05, 0) is 81.6 Å². The Morgan fingerprint density at radius 2 is 0.915 bits per heavy atom. The van der Waals surface area contributed by atoms with Crippen molar-refractivity contribution in [3.8, 4) is 56.2 Å². The maximum Gasteiger partial charge on any atom is 0.160 e. The van der Waals surface area contributed by atoms with Gasteiger partial charge in [0.2, 0.25) is 0 Å². The van der Waals surface area contributed by atoms with E-state index in [1.165, 1.54) is 5.39 Å². The highest BCUT2D eigenvalue weighted by Gasteiger charge is 2.15. The van der Waals surface area contributed by atoms with Crippen molar-refractivity contribution in [2.24, 2.45) is 0 Å². The lowest BCUT2D eigenvalue weighted by molar-refractivity contribution is 0.669. The molecule has 0 aliphatic rings. The predicted molar refractivity (Wildman–Crippen MR) is 194 cm³/mol. The van der Waals surface area contributed by atoms with Gasteiger partial charge in [-0.3, -0.25) is 0 Å². The van der Waals surface area contributed by atoms with E-state index >= 15 is 0 Å². The fraction of sp³-hybridized carbons (Fsp3) is 0. The largest absolute Gasteiger partial charge is 0.456 e. The van der Waals surface area contributed by atoms with Crippen LogP contribution in [0.15, 0.2) is 174 Å².